The van der Waals surface area contributed by atoms with Crippen molar-refractivity contribution in [3.63, 3.8) is 0 Å². The molecule has 0 spiro atoms. The number of nitrogens with zero attached hydrogens (tertiary/aromatic N) is 2. The van der Waals surface area contributed by atoms with E-state index in [0.29, 0.717) is 17.0 Å². The molecule has 1 aromatic carbocycles. The summed E-state index contributed by atoms with van der Waals surface area (Å²) in [4.78, 5) is 30.2. The van der Waals surface area contributed by atoms with Gasteiger partial charge < -0.3 is 4.74 Å². The van der Waals surface area contributed by atoms with Crippen LogP contribution in [0.3, 0.4) is 0 Å². The maximum absolute atomic E-state index is 12.7. The molecule has 2 amide bonds. The highest BCUT2D eigenvalue weighted by Crippen LogP contribution is 2.37. The second-order valence-electron chi connectivity index (χ2n) is 4.82. The molecule has 1 aliphatic heterocycles. The average molecular weight is 282 g/mol. The number of anilines is 1. The molecule has 0 aliphatic carbocycles. The number of aryl methyl sites for hydroxylation is 1. The fraction of sp³-hybridized carbons (Fsp3) is 0.188. The molecule has 0 bridgehead atoms. The van der Waals surface area contributed by atoms with Gasteiger partial charge in [-0.15, -0.1) is 0 Å². The van der Waals surface area contributed by atoms with Crippen LogP contribution in [0.5, 0.6) is 11.6 Å². The Morgan fingerprint density at radius 2 is 2.14 bits per heavy atom. The molecule has 5 heteroatoms. The second-order valence-corrected chi connectivity index (χ2v) is 4.82. The first kappa shape index (κ1) is 13.3. The van der Waals surface area contributed by atoms with Gasteiger partial charge >= 0.3 is 0 Å². The fourth-order valence-electron chi connectivity index (χ4n) is 2.27. The van der Waals surface area contributed by atoms with E-state index in [9.17, 15) is 9.59 Å². The molecular weight excluding hydrogens is 268 g/mol. The van der Waals surface area contributed by atoms with Gasteiger partial charge in [-0.3, -0.25) is 9.59 Å². The third kappa shape index (κ3) is 2.16. The Balaban J connectivity index is 2.25. The van der Waals surface area contributed by atoms with Crippen molar-refractivity contribution < 1.29 is 14.3 Å². The molecule has 106 valence electrons. The van der Waals surface area contributed by atoms with Crippen LogP contribution < -0.4 is 9.64 Å². The van der Waals surface area contributed by atoms with Crippen molar-refractivity contribution in [1.82, 2.24) is 4.98 Å². The van der Waals surface area contributed by atoms with E-state index in [2.05, 4.69) is 4.98 Å². The van der Waals surface area contributed by atoms with Gasteiger partial charge in [-0.2, -0.15) is 0 Å². The average Bonchev–Trinajstić information content (AvgIpc) is 2.61. The summed E-state index contributed by atoms with van der Waals surface area (Å²) in [5, 5.41) is 0. The lowest BCUT2D eigenvalue weighted by molar-refractivity contribution is -0.117. The van der Waals surface area contributed by atoms with Gasteiger partial charge in [0.2, 0.25) is 11.8 Å². The highest BCUT2D eigenvalue weighted by atomic mass is 16.5. The Hall–Kier alpha value is -2.69. The van der Waals surface area contributed by atoms with E-state index < -0.39 is 0 Å². The van der Waals surface area contributed by atoms with Gasteiger partial charge in [-0.05, 0) is 31.2 Å². The first-order chi connectivity index (χ1) is 10.1. The summed E-state index contributed by atoms with van der Waals surface area (Å²) < 4.78 is 5.73. The molecule has 0 atom stereocenters. The minimum absolute atomic E-state index is 0.223. The molecule has 0 N–H and O–H groups in total. The molecule has 0 radical (unpaired) electrons. The van der Waals surface area contributed by atoms with Gasteiger partial charge in [0.15, 0.2) is 0 Å². The van der Waals surface area contributed by atoms with E-state index in [1.807, 2.05) is 13.0 Å². The quantitative estimate of drug-likeness (QED) is 0.806. The molecule has 0 unspecified atom stereocenters. The van der Waals surface area contributed by atoms with Crippen molar-refractivity contribution in [1.29, 1.82) is 0 Å². The highest BCUT2D eigenvalue weighted by Gasteiger charge is 2.32. The van der Waals surface area contributed by atoms with Gasteiger partial charge in [0.1, 0.15) is 11.4 Å². The topological polar surface area (TPSA) is 59.5 Å². The zero-order valence-corrected chi connectivity index (χ0v) is 11.8. The van der Waals surface area contributed by atoms with Crippen LogP contribution in [0, 0.1) is 6.92 Å². The van der Waals surface area contributed by atoms with Crippen LogP contribution in [0.2, 0.25) is 0 Å². The van der Waals surface area contributed by atoms with E-state index in [0.717, 1.165) is 10.5 Å². The number of carbonyl (C=O) groups is 2. The van der Waals surface area contributed by atoms with Crippen LogP contribution in [0.1, 0.15) is 29.3 Å². The minimum Gasteiger partial charge on any atom is -0.436 e. The molecule has 5 nitrogen and oxygen atoms in total. The van der Waals surface area contributed by atoms with Crippen LogP contribution >= 0.6 is 0 Å². The van der Waals surface area contributed by atoms with Gasteiger partial charge in [-0.1, -0.05) is 18.6 Å². The molecule has 2 heterocycles. The second kappa shape index (κ2) is 5.01. The summed E-state index contributed by atoms with van der Waals surface area (Å²) in [5.74, 6) is 0.00622. The number of carbonyl (C=O) groups excluding carboxylic acids is 2. The molecule has 1 aromatic heterocycles. The molecule has 1 aliphatic rings. The summed E-state index contributed by atoms with van der Waals surface area (Å²) >= 11 is 0. The molecule has 21 heavy (non-hydrogen) atoms. The summed E-state index contributed by atoms with van der Waals surface area (Å²) in [6.45, 7) is 3.60. The lowest BCUT2D eigenvalue weighted by atomic mass is 10.1. The molecule has 0 fully saturated rings. The monoisotopic (exact) mass is 282 g/mol. The summed E-state index contributed by atoms with van der Waals surface area (Å²) in [6.07, 6.45) is 1.79. The Kier molecular flexibility index (Phi) is 3.17. The number of benzene rings is 1. The number of hydrogen-bond acceptors (Lipinski definition) is 4. The van der Waals surface area contributed by atoms with Gasteiger partial charge in [-0.25, -0.2) is 9.88 Å². The summed E-state index contributed by atoms with van der Waals surface area (Å²) in [6, 6.07) is 8.63. The van der Waals surface area contributed by atoms with E-state index >= 15 is 0 Å². The van der Waals surface area contributed by atoms with Gasteiger partial charge in [0.05, 0.1) is 5.56 Å². The minimum atomic E-state index is -0.382. The van der Waals surface area contributed by atoms with E-state index in [1.165, 1.54) is 0 Å². The fourth-order valence-corrected chi connectivity index (χ4v) is 2.27. The zero-order chi connectivity index (χ0) is 15.0. The van der Waals surface area contributed by atoms with Gasteiger partial charge in [0.25, 0.3) is 5.91 Å². The lowest BCUT2D eigenvalue weighted by Gasteiger charge is -2.18. The Morgan fingerprint density at radius 3 is 2.90 bits per heavy atom. The standard InChI is InChI=1S/C16H14N2O3/c1-3-14(19)18-12-5-4-8-17-15(12)21-13-7-6-10(2)9-11(13)16(18)20/h4-9H,3H2,1-2H3. The van der Waals surface area contributed by atoms with Crippen molar-refractivity contribution in [2.24, 2.45) is 0 Å². The maximum atomic E-state index is 12.7. The van der Waals surface area contributed by atoms with Crippen molar-refractivity contribution in [3.05, 3.63) is 47.7 Å². The summed E-state index contributed by atoms with van der Waals surface area (Å²) in [5.41, 5.74) is 1.67. The Bertz CT molecular complexity index is 740. The zero-order valence-electron chi connectivity index (χ0n) is 11.8. The number of fused-ring (bicyclic) bond motifs is 2. The summed E-state index contributed by atoms with van der Waals surface area (Å²) in [7, 11) is 0. The molecular formula is C16H14N2O3. The normalized spacial score (nSPS) is 13.0. The first-order valence-corrected chi connectivity index (χ1v) is 6.72. The highest BCUT2D eigenvalue weighted by molar-refractivity contribution is 6.23. The van der Waals surface area contributed by atoms with Crippen molar-refractivity contribution >= 4 is 17.5 Å². The van der Waals surface area contributed by atoms with E-state index in [4.69, 9.17) is 4.74 Å². The number of rotatable bonds is 1. The van der Waals surface area contributed by atoms with Gasteiger partial charge in [0, 0.05) is 12.6 Å². The Morgan fingerprint density at radius 1 is 1.33 bits per heavy atom. The number of hydrogen-bond donors (Lipinski definition) is 0. The smallest absolute Gasteiger partial charge is 0.269 e. The predicted octanol–water partition coefficient (Wildman–Crippen LogP) is 3.08. The van der Waals surface area contributed by atoms with Crippen LogP contribution in [-0.4, -0.2) is 16.8 Å². The maximum Gasteiger partial charge on any atom is 0.269 e. The number of pyridine rings is 1. The Labute approximate surface area is 122 Å². The van der Waals surface area contributed by atoms with Crippen molar-refractivity contribution in [2.75, 3.05) is 4.90 Å². The van der Waals surface area contributed by atoms with Crippen LogP contribution in [-0.2, 0) is 4.79 Å². The number of ether oxygens (including phenoxy) is 1. The van der Waals surface area contributed by atoms with E-state index in [-0.39, 0.29) is 24.1 Å². The van der Waals surface area contributed by atoms with Crippen molar-refractivity contribution in [3.8, 4) is 11.6 Å². The molecule has 0 saturated carbocycles. The van der Waals surface area contributed by atoms with Crippen LogP contribution in [0.15, 0.2) is 36.5 Å². The van der Waals surface area contributed by atoms with E-state index in [1.54, 1.807) is 37.4 Å². The predicted molar refractivity (Wildman–Crippen MR) is 77.6 cm³/mol. The number of imide groups is 1. The third-order valence-corrected chi connectivity index (χ3v) is 3.32. The number of aromatic nitrogens is 1. The van der Waals surface area contributed by atoms with Crippen LogP contribution in [0.25, 0.3) is 0 Å². The SMILES string of the molecule is CCC(=O)N1C(=O)c2cc(C)ccc2Oc2ncccc21. The largest absolute Gasteiger partial charge is 0.436 e. The van der Waals surface area contributed by atoms with Crippen molar-refractivity contribution in [2.45, 2.75) is 20.3 Å². The molecule has 2 aromatic rings. The molecule has 3 rings (SSSR count). The lowest BCUT2D eigenvalue weighted by Crippen LogP contribution is -2.36. The first-order valence-electron chi connectivity index (χ1n) is 6.72. The van der Waals surface area contributed by atoms with Crippen LogP contribution in [0.4, 0.5) is 5.69 Å². The number of amides is 2. The third-order valence-electron chi connectivity index (χ3n) is 3.32. The molecule has 0 saturated heterocycles.